The van der Waals surface area contributed by atoms with E-state index in [4.69, 9.17) is 4.74 Å². The Kier molecular flexibility index (Phi) is 4.39. The number of hydrogen-bond donors (Lipinski definition) is 1. The van der Waals surface area contributed by atoms with Crippen LogP contribution in [0.15, 0.2) is 11.1 Å². The van der Waals surface area contributed by atoms with Crippen LogP contribution in [0.3, 0.4) is 0 Å². The van der Waals surface area contributed by atoms with Crippen LogP contribution in [-0.2, 0) is 9.53 Å². The van der Waals surface area contributed by atoms with Gasteiger partial charge in [0.05, 0.1) is 17.7 Å². The maximum atomic E-state index is 12.3. The van der Waals surface area contributed by atoms with E-state index in [-0.39, 0.29) is 17.2 Å². The third-order valence-electron chi connectivity index (χ3n) is 3.48. The van der Waals surface area contributed by atoms with Gasteiger partial charge in [0.15, 0.2) is 0 Å². The van der Waals surface area contributed by atoms with Crippen molar-refractivity contribution in [3.05, 3.63) is 16.4 Å². The number of carbonyl (C=O) groups is 1. The standard InChI is InChI=1S/C14H22N2O3/c1-6-19-12(17)11(9-15)10-7-13(2,3)16(18)14(4,5)8-10/h16H,6-8H2,1-5H3. The molecule has 1 N–H and O–H groups in total. The van der Waals surface area contributed by atoms with Gasteiger partial charge in [-0.3, -0.25) is 0 Å². The molecule has 0 aromatic rings. The van der Waals surface area contributed by atoms with Gasteiger partial charge in [0.1, 0.15) is 11.6 Å². The molecule has 0 amide bonds. The molecule has 1 aliphatic rings. The highest BCUT2D eigenvalue weighted by molar-refractivity contribution is 5.93. The van der Waals surface area contributed by atoms with Crippen LogP contribution in [0.25, 0.3) is 0 Å². The molecule has 1 rings (SSSR count). The SMILES string of the molecule is CCOC(=O)C(C#N)=C1CC(C)(C)[NH+]([O-])C(C)(C)C1. The number of esters is 1. The Balaban J connectivity index is 3.20. The number of nitrogens with zero attached hydrogens (tertiary/aromatic N) is 1. The van der Waals surface area contributed by atoms with Gasteiger partial charge in [-0.2, -0.15) is 5.26 Å². The normalized spacial score (nSPS) is 24.5. The van der Waals surface area contributed by atoms with E-state index in [0.29, 0.717) is 12.8 Å². The molecule has 1 saturated heterocycles. The second kappa shape index (κ2) is 5.32. The Bertz CT molecular complexity index is 424. The number of ether oxygens (including phenoxy) is 1. The number of hydroxylamine groups is 2. The molecule has 1 aliphatic heterocycles. The average molecular weight is 266 g/mol. The summed E-state index contributed by atoms with van der Waals surface area (Å²) in [6, 6.07) is 1.94. The zero-order chi connectivity index (χ0) is 14.8. The molecule has 0 saturated carbocycles. The van der Waals surface area contributed by atoms with E-state index in [9.17, 15) is 15.3 Å². The smallest absolute Gasteiger partial charge is 0.348 e. The van der Waals surface area contributed by atoms with E-state index in [1.165, 1.54) is 0 Å². The van der Waals surface area contributed by atoms with Crippen molar-refractivity contribution in [3.63, 3.8) is 0 Å². The van der Waals surface area contributed by atoms with Crippen LogP contribution in [0.2, 0.25) is 0 Å². The molecule has 5 heteroatoms. The topological polar surface area (TPSA) is 77.6 Å². The molecule has 1 heterocycles. The van der Waals surface area contributed by atoms with E-state index in [1.54, 1.807) is 6.92 Å². The maximum Gasteiger partial charge on any atom is 0.348 e. The van der Waals surface area contributed by atoms with Gasteiger partial charge in [-0.05, 0) is 40.2 Å². The maximum absolute atomic E-state index is 12.3. The van der Waals surface area contributed by atoms with E-state index in [2.05, 4.69) is 0 Å². The highest BCUT2D eigenvalue weighted by Gasteiger charge is 2.44. The molecule has 0 bridgehead atoms. The van der Waals surface area contributed by atoms with Crippen LogP contribution in [0.1, 0.15) is 47.5 Å². The zero-order valence-electron chi connectivity index (χ0n) is 12.3. The van der Waals surface area contributed by atoms with Crippen LogP contribution in [0.5, 0.6) is 0 Å². The van der Waals surface area contributed by atoms with Crippen molar-refractivity contribution in [2.45, 2.75) is 58.5 Å². The van der Waals surface area contributed by atoms with Gasteiger partial charge in [0.25, 0.3) is 0 Å². The number of nitriles is 1. The Morgan fingerprint density at radius 2 is 1.84 bits per heavy atom. The van der Waals surface area contributed by atoms with Crippen molar-refractivity contribution < 1.29 is 14.6 Å². The van der Waals surface area contributed by atoms with Gasteiger partial charge < -0.3 is 15.0 Å². The minimum Gasteiger partial charge on any atom is -0.634 e. The quantitative estimate of drug-likeness (QED) is 0.351. The first-order chi connectivity index (χ1) is 8.65. The third kappa shape index (κ3) is 3.14. The van der Waals surface area contributed by atoms with E-state index >= 15 is 0 Å². The van der Waals surface area contributed by atoms with Crippen molar-refractivity contribution in [2.75, 3.05) is 6.61 Å². The lowest BCUT2D eigenvalue weighted by atomic mass is 9.77. The Morgan fingerprint density at radius 1 is 1.37 bits per heavy atom. The molecule has 0 atom stereocenters. The summed E-state index contributed by atoms with van der Waals surface area (Å²) in [4.78, 5) is 11.8. The molecule has 106 valence electrons. The Morgan fingerprint density at radius 3 is 2.21 bits per heavy atom. The van der Waals surface area contributed by atoms with Crippen LogP contribution in [-0.4, -0.2) is 23.7 Å². The lowest BCUT2D eigenvalue weighted by molar-refractivity contribution is -0.952. The third-order valence-corrected chi connectivity index (χ3v) is 3.48. The van der Waals surface area contributed by atoms with E-state index < -0.39 is 17.0 Å². The molecular formula is C14H22N2O3. The monoisotopic (exact) mass is 266 g/mol. The minimum absolute atomic E-state index is 0.0653. The van der Waals surface area contributed by atoms with Crippen LogP contribution < -0.4 is 5.06 Å². The largest absolute Gasteiger partial charge is 0.634 e. The minimum atomic E-state index is -0.582. The molecular weight excluding hydrogens is 244 g/mol. The molecule has 0 aromatic heterocycles. The predicted molar refractivity (Wildman–Crippen MR) is 71.0 cm³/mol. The summed E-state index contributed by atoms with van der Waals surface area (Å²) < 4.78 is 4.91. The van der Waals surface area contributed by atoms with Crippen LogP contribution in [0.4, 0.5) is 0 Å². The first kappa shape index (κ1) is 15.7. The summed E-state index contributed by atoms with van der Waals surface area (Å²) in [5, 5.41) is 21.7. The second-order valence-electron chi connectivity index (χ2n) is 6.26. The molecule has 0 aliphatic carbocycles. The number of rotatable bonds is 2. The first-order valence-corrected chi connectivity index (χ1v) is 6.50. The van der Waals surface area contributed by atoms with Gasteiger partial charge in [0, 0.05) is 12.8 Å². The summed E-state index contributed by atoms with van der Waals surface area (Å²) in [6.07, 6.45) is 0.883. The van der Waals surface area contributed by atoms with E-state index in [0.717, 1.165) is 5.57 Å². The van der Waals surface area contributed by atoms with Crippen molar-refractivity contribution in [1.82, 2.24) is 0 Å². The fraction of sp³-hybridized carbons (Fsp3) is 0.714. The molecule has 19 heavy (non-hydrogen) atoms. The summed E-state index contributed by atoms with van der Waals surface area (Å²) in [6.45, 7) is 9.37. The molecule has 0 aromatic carbocycles. The van der Waals surface area contributed by atoms with Gasteiger partial charge in [-0.1, -0.05) is 0 Å². The summed E-state index contributed by atoms with van der Waals surface area (Å²) in [5.74, 6) is -0.582. The fourth-order valence-electron chi connectivity index (χ4n) is 2.86. The molecule has 0 spiro atoms. The number of carbonyl (C=O) groups excluding carboxylic acids is 1. The molecule has 5 nitrogen and oxygen atoms in total. The lowest BCUT2D eigenvalue weighted by Gasteiger charge is -2.53. The summed E-state index contributed by atoms with van der Waals surface area (Å²) >= 11 is 0. The van der Waals surface area contributed by atoms with Crippen LogP contribution >= 0.6 is 0 Å². The zero-order valence-corrected chi connectivity index (χ0v) is 12.3. The van der Waals surface area contributed by atoms with Crippen molar-refractivity contribution in [2.24, 2.45) is 0 Å². The van der Waals surface area contributed by atoms with Crippen molar-refractivity contribution in [1.29, 1.82) is 5.26 Å². The molecule has 0 unspecified atom stereocenters. The highest BCUT2D eigenvalue weighted by Crippen LogP contribution is 2.30. The van der Waals surface area contributed by atoms with Gasteiger partial charge in [-0.25, -0.2) is 4.79 Å². The highest BCUT2D eigenvalue weighted by atomic mass is 16.5. The number of nitrogens with one attached hydrogen (secondary N) is 1. The number of quaternary nitrogens is 1. The van der Waals surface area contributed by atoms with E-state index in [1.807, 2.05) is 33.8 Å². The van der Waals surface area contributed by atoms with Gasteiger partial charge in [-0.15, -0.1) is 0 Å². The van der Waals surface area contributed by atoms with Crippen molar-refractivity contribution >= 4 is 5.97 Å². The lowest BCUT2D eigenvalue weighted by Crippen LogP contribution is -3.22. The Hall–Kier alpha value is -1.38. The van der Waals surface area contributed by atoms with Gasteiger partial charge >= 0.3 is 5.97 Å². The average Bonchev–Trinajstić information content (AvgIpc) is 2.26. The predicted octanol–water partition coefficient (Wildman–Crippen LogP) is 1.10. The number of piperidine rings is 1. The first-order valence-electron chi connectivity index (χ1n) is 6.50. The Labute approximate surface area is 114 Å². The summed E-state index contributed by atoms with van der Waals surface area (Å²) in [5.41, 5.74) is -0.303. The van der Waals surface area contributed by atoms with Gasteiger partial charge in [0.2, 0.25) is 0 Å². The number of hydrogen-bond acceptors (Lipinski definition) is 4. The molecule has 1 fully saturated rings. The van der Waals surface area contributed by atoms with Crippen molar-refractivity contribution in [3.8, 4) is 6.07 Å². The molecule has 0 radical (unpaired) electrons. The summed E-state index contributed by atoms with van der Waals surface area (Å²) in [7, 11) is 0. The van der Waals surface area contributed by atoms with Crippen LogP contribution in [0, 0.1) is 16.5 Å². The second-order valence-corrected chi connectivity index (χ2v) is 6.26. The fourth-order valence-corrected chi connectivity index (χ4v) is 2.86.